The first kappa shape index (κ1) is 17.7. The topological polar surface area (TPSA) is 32.3 Å². The maximum absolute atomic E-state index is 12.8. The van der Waals surface area contributed by atoms with Gasteiger partial charge in [-0.3, -0.25) is 4.79 Å². The SMILES string of the molecule is CCCNCC(=O)N1CCc2sccc2[C@@H]1c1ccc(Cl)cc1Cl. The highest BCUT2D eigenvalue weighted by Crippen LogP contribution is 2.40. The first-order valence-corrected chi connectivity index (χ1v) is 9.76. The molecule has 0 saturated heterocycles. The number of benzene rings is 1. The maximum Gasteiger partial charge on any atom is 0.237 e. The van der Waals surface area contributed by atoms with Crippen molar-refractivity contribution in [3.63, 3.8) is 0 Å². The molecule has 0 fully saturated rings. The predicted octanol–water partition coefficient (Wildman–Crippen LogP) is 4.53. The van der Waals surface area contributed by atoms with Crippen LogP contribution in [0.5, 0.6) is 0 Å². The molecule has 1 amide bonds. The number of rotatable bonds is 5. The number of amides is 1. The summed E-state index contributed by atoms with van der Waals surface area (Å²) in [5.41, 5.74) is 2.11. The maximum atomic E-state index is 12.8. The van der Waals surface area contributed by atoms with E-state index in [0.717, 1.165) is 24.9 Å². The Morgan fingerprint density at radius 3 is 2.92 bits per heavy atom. The fraction of sp³-hybridized carbons (Fsp3) is 0.389. The van der Waals surface area contributed by atoms with Crippen molar-refractivity contribution in [2.45, 2.75) is 25.8 Å². The van der Waals surface area contributed by atoms with E-state index in [1.165, 1.54) is 10.4 Å². The zero-order valence-corrected chi connectivity index (χ0v) is 15.8. The minimum Gasteiger partial charge on any atom is -0.330 e. The molecule has 6 heteroatoms. The largest absolute Gasteiger partial charge is 0.330 e. The van der Waals surface area contributed by atoms with E-state index in [4.69, 9.17) is 23.2 Å². The number of nitrogens with one attached hydrogen (secondary N) is 1. The highest BCUT2D eigenvalue weighted by Gasteiger charge is 2.33. The quantitative estimate of drug-likeness (QED) is 0.770. The summed E-state index contributed by atoms with van der Waals surface area (Å²) in [5.74, 6) is 0.108. The molecule has 1 aromatic heterocycles. The highest BCUT2D eigenvalue weighted by molar-refractivity contribution is 7.10. The van der Waals surface area contributed by atoms with Gasteiger partial charge in [0.25, 0.3) is 0 Å². The third-order valence-electron chi connectivity index (χ3n) is 4.25. The Morgan fingerprint density at radius 1 is 1.33 bits per heavy atom. The Bertz CT molecular complexity index is 732. The second kappa shape index (κ2) is 7.87. The zero-order valence-electron chi connectivity index (χ0n) is 13.5. The van der Waals surface area contributed by atoms with Crippen molar-refractivity contribution >= 4 is 40.4 Å². The van der Waals surface area contributed by atoms with E-state index >= 15 is 0 Å². The molecule has 1 N–H and O–H groups in total. The second-order valence-electron chi connectivity index (χ2n) is 5.88. The van der Waals surface area contributed by atoms with Crippen LogP contribution in [0.3, 0.4) is 0 Å². The van der Waals surface area contributed by atoms with Gasteiger partial charge in [-0.25, -0.2) is 0 Å². The van der Waals surface area contributed by atoms with Crippen LogP contribution < -0.4 is 5.32 Å². The molecule has 0 spiro atoms. The second-order valence-corrected chi connectivity index (χ2v) is 7.73. The van der Waals surface area contributed by atoms with E-state index in [0.29, 0.717) is 23.1 Å². The minimum absolute atomic E-state index is 0.108. The standard InChI is InChI=1S/C18H20Cl2N2OS/c1-2-7-21-11-17(23)22-8-5-16-14(6-9-24-16)18(22)13-4-3-12(19)10-15(13)20/h3-4,6,9-10,18,21H,2,5,7-8,11H2,1H3/t18-/m0/s1. The molecule has 0 bridgehead atoms. The van der Waals surface area contributed by atoms with Gasteiger partial charge in [0.05, 0.1) is 12.6 Å². The Labute approximate surface area is 156 Å². The summed E-state index contributed by atoms with van der Waals surface area (Å²) in [6.45, 7) is 4.00. The van der Waals surface area contributed by atoms with Crippen molar-refractivity contribution in [3.8, 4) is 0 Å². The van der Waals surface area contributed by atoms with E-state index in [9.17, 15) is 4.79 Å². The van der Waals surface area contributed by atoms with Crippen molar-refractivity contribution in [3.05, 3.63) is 55.7 Å². The van der Waals surface area contributed by atoms with Gasteiger partial charge in [-0.1, -0.05) is 36.2 Å². The van der Waals surface area contributed by atoms with Gasteiger partial charge in [0, 0.05) is 21.5 Å². The van der Waals surface area contributed by atoms with Crippen LogP contribution >= 0.6 is 34.5 Å². The van der Waals surface area contributed by atoms with Crippen LogP contribution in [0.25, 0.3) is 0 Å². The molecule has 1 aromatic carbocycles. The fourth-order valence-electron chi connectivity index (χ4n) is 3.12. The van der Waals surface area contributed by atoms with Crippen molar-refractivity contribution in [1.82, 2.24) is 10.2 Å². The molecule has 0 aliphatic carbocycles. The van der Waals surface area contributed by atoms with Gasteiger partial charge in [-0.05, 0) is 54.1 Å². The molecule has 2 aromatic rings. The lowest BCUT2D eigenvalue weighted by Crippen LogP contribution is -2.44. The molecular formula is C18H20Cl2N2OS. The Hall–Kier alpha value is -1.07. The molecule has 3 rings (SSSR count). The van der Waals surface area contributed by atoms with E-state index in [1.807, 2.05) is 17.0 Å². The van der Waals surface area contributed by atoms with Crippen molar-refractivity contribution in [2.24, 2.45) is 0 Å². The van der Waals surface area contributed by atoms with Crippen LogP contribution in [-0.4, -0.2) is 30.4 Å². The van der Waals surface area contributed by atoms with E-state index < -0.39 is 0 Å². The molecule has 2 heterocycles. The predicted molar refractivity (Wildman–Crippen MR) is 101 cm³/mol. The summed E-state index contributed by atoms with van der Waals surface area (Å²) >= 11 is 14.2. The number of hydrogen-bond donors (Lipinski definition) is 1. The van der Waals surface area contributed by atoms with Crippen molar-refractivity contribution in [2.75, 3.05) is 19.6 Å². The van der Waals surface area contributed by atoms with Gasteiger partial charge in [0.15, 0.2) is 0 Å². The summed E-state index contributed by atoms with van der Waals surface area (Å²) in [5, 5.41) is 6.50. The van der Waals surface area contributed by atoms with E-state index in [1.54, 1.807) is 17.4 Å². The molecule has 1 aliphatic rings. The van der Waals surface area contributed by atoms with E-state index in [2.05, 4.69) is 23.7 Å². The van der Waals surface area contributed by atoms with Gasteiger partial charge in [-0.2, -0.15) is 0 Å². The van der Waals surface area contributed by atoms with E-state index in [-0.39, 0.29) is 11.9 Å². The molecule has 0 unspecified atom stereocenters. The van der Waals surface area contributed by atoms with Crippen LogP contribution in [0.15, 0.2) is 29.6 Å². The average Bonchev–Trinajstić information content (AvgIpc) is 3.03. The number of fused-ring (bicyclic) bond motifs is 1. The number of hydrogen-bond acceptors (Lipinski definition) is 3. The monoisotopic (exact) mass is 382 g/mol. The number of carbonyl (C=O) groups is 1. The van der Waals surface area contributed by atoms with Crippen LogP contribution in [0.4, 0.5) is 0 Å². The van der Waals surface area contributed by atoms with Gasteiger partial charge in [-0.15, -0.1) is 11.3 Å². The molecule has 1 aliphatic heterocycles. The zero-order chi connectivity index (χ0) is 17.1. The third-order valence-corrected chi connectivity index (χ3v) is 5.81. The lowest BCUT2D eigenvalue weighted by molar-refractivity contribution is -0.132. The van der Waals surface area contributed by atoms with Crippen LogP contribution in [0.1, 0.15) is 35.4 Å². The highest BCUT2D eigenvalue weighted by atomic mass is 35.5. The Balaban J connectivity index is 1.95. The smallest absolute Gasteiger partial charge is 0.237 e. The number of halogens is 2. The summed E-state index contributed by atoms with van der Waals surface area (Å²) in [4.78, 5) is 16.0. The average molecular weight is 383 g/mol. The lowest BCUT2D eigenvalue weighted by Gasteiger charge is -2.37. The summed E-state index contributed by atoms with van der Waals surface area (Å²) in [6.07, 6.45) is 1.91. The first-order valence-electron chi connectivity index (χ1n) is 8.13. The number of carbonyl (C=O) groups excluding carboxylic acids is 1. The van der Waals surface area contributed by atoms with Crippen molar-refractivity contribution < 1.29 is 4.79 Å². The summed E-state index contributed by atoms with van der Waals surface area (Å²) in [6, 6.07) is 7.48. The normalized spacial score (nSPS) is 17.0. The molecule has 1 atom stereocenters. The van der Waals surface area contributed by atoms with Crippen LogP contribution in [-0.2, 0) is 11.2 Å². The summed E-state index contributed by atoms with van der Waals surface area (Å²) in [7, 11) is 0. The fourth-order valence-corrected chi connectivity index (χ4v) is 4.53. The van der Waals surface area contributed by atoms with Gasteiger partial charge in [0.1, 0.15) is 0 Å². The Kier molecular flexibility index (Phi) is 5.82. The van der Waals surface area contributed by atoms with Crippen molar-refractivity contribution in [1.29, 1.82) is 0 Å². The Morgan fingerprint density at radius 2 is 2.17 bits per heavy atom. The summed E-state index contributed by atoms with van der Waals surface area (Å²) < 4.78 is 0. The molecule has 128 valence electrons. The molecule has 24 heavy (non-hydrogen) atoms. The molecule has 0 saturated carbocycles. The lowest BCUT2D eigenvalue weighted by atomic mass is 9.93. The van der Waals surface area contributed by atoms with Gasteiger partial charge < -0.3 is 10.2 Å². The van der Waals surface area contributed by atoms with Crippen LogP contribution in [0, 0.1) is 0 Å². The van der Waals surface area contributed by atoms with Gasteiger partial charge >= 0.3 is 0 Å². The first-order chi connectivity index (χ1) is 11.6. The third kappa shape index (κ3) is 3.62. The minimum atomic E-state index is -0.138. The molecule has 3 nitrogen and oxygen atoms in total. The number of thiophene rings is 1. The molecular weight excluding hydrogens is 363 g/mol. The van der Waals surface area contributed by atoms with Gasteiger partial charge in [0.2, 0.25) is 5.91 Å². The number of nitrogens with zero attached hydrogens (tertiary/aromatic N) is 1. The van der Waals surface area contributed by atoms with Crippen LogP contribution in [0.2, 0.25) is 10.0 Å². The molecule has 0 radical (unpaired) electrons.